The van der Waals surface area contributed by atoms with E-state index in [-0.39, 0.29) is 6.04 Å². The summed E-state index contributed by atoms with van der Waals surface area (Å²) < 4.78 is 0. The fourth-order valence-electron chi connectivity index (χ4n) is 2.97. The predicted molar refractivity (Wildman–Crippen MR) is 91.4 cm³/mol. The van der Waals surface area contributed by atoms with E-state index in [0.717, 1.165) is 17.5 Å². The molecule has 0 spiro atoms. The fraction of sp³-hybridized carbons (Fsp3) is 0.263. The lowest BCUT2D eigenvalue weighted by atomic mass is 9.99. The minimum atomic E-state index is -0.424. The van der Waals surface area contributed by atoms with Gasteiger partial charge in [0.15, 0.2) is 0 Å². The third kappa shape index (κ3) is 3.24. The van der Waals surface area contributed by atoms with Gasteiger partial charge in [0.2, 0.25) is 0 Å². The SMILES string of the molecule is CC(N)Cc1cc(C#N)c2c(c1)CCN2OC(=O)c1ccccc1. The van der Waals surface area contributed by atoms with Crippen LogP contribution in [0.1, 0.15) is 34.0 Å². The Hall–Kier alpha value is -2.84. The number of nitrogens with zero attached hydrogens (tertiary/aromatic N) is 2. The number of carbonyl (C=O) groups is 1. The molecule has 0 radical (unpaired) electrons. The zero-order valence-corrected chi connectivity index (χ0v) is 13.5. The summed E-state index contributed by atoms with van der Waals surface area (Å²) in [4.78, 5) is 17.8. The Balaban J connectivity index is 1.86. The average Bonchev–Trinajstić information content (AvgIpc) is 2.97. The largest absolute Gasteiger partial charge is 0.363 e. The zero-order valence-electron chi connectivity index (χ0n) is 13.5. The molecule has 3 rings (SSSR count). The maximum Gasteiger partial charge on any atom is 0.363 e. The first-order chi connectivity index (χ1) is 11.6. The van der Waals surface area contributed by atoms with Crippen molar-refractivity contribution < 1.29 is 9.63 Å². The average molecular weight is 321 g/mol. The molecule has 1 aliphatic rings. The van der Waals surface area contributed by atoms with Gasteiger partial charge in [-0.1, -0.05) is 24.3 Å². The lowest BCUT2D eigenvalue weighted by molar-refractivity contribution is 0.0461. The van der Waals surface area contributed by atoms with E-state index in [2.05, 4.69) is 12.1 Å². The first-order valence-corrected chi connectivity index (χ1v) is 7.95. The molecule has 1 heterocycles. The van der Waals surface area contributed by atoms with Crippen molar-refractivity contribution in [3.8, 4) is 6.07 Å². The van der Waals surface area contributed by atoms with Crippen molar-refractivity contribution in [2.45, 2.75) is 25.8 Å². The third-order valence-corrected chi connectivity index (χ3v) is 3.96. The molecule has 0 saturated heterocycles. The van der Waals surface area contributed by atoms with E-state index in [1.165, 1.54) is 5.06 Å². The van der Waals surface area contributed by atoms with Gasteiger partial charge in [0, 0.05) is 6.04 Å². The summed E-state index contributed by atoms with van der Waals surface area (Å²) in [5.41, 5.74) is 9.60. The molecular formula is C19H19N3O2. The van der Waals surface area contributed by atoms with Crippen molar-refractivity contribution in [1.82, 2.24) is 0 Å². The fourth-order valence-corrected chi connectivity index (χ4v) is 2.97. The van der Waals surface area contributed by atoms with E-state index in [0.29, 0.717) is 29.8 Å². The number of hydroxylamine groups is 1. The number of carbonyl (C=O) groups excluding carboxylic acids is 1. The Kier molecular flexibility index (Phi) is 4.50. The molecular weight excluding hydrogens is 302 g/mol. The Morgan fingerprint density at radius 2 is 2.12 bits per heavy atom. The normalized spacial score (nSPS) is 14.0. The highest BCUT2D eigenvalue weighted by Crippen LogP contribution is 2.33. The number of rotatable bonds is 4. The maximum absolute atomic E-state index is 12.3. The number of anilines is 1. The van der Waals surface area contributed by atoms with Crippen LogP contribution in [-0.4, -0.2) is 18.6 Å². The van der Waals surface area contributed by atoms with Crippen LogP contribution in [0.15, 0.2) is 42.5 Å². The summed E-state index contributed by atoms with van der Waals surface area (Å²) in [7, 11) is 0. The minimum absolute atomic E-state index is 0.0306. The summed E-state index contributed by atoms with van der Waals surface area (Å²) in [6.07, 6.45) is 1.45. The van der Waals surface area contributed by atoms with Gasteiger partial charge in [0.05, 0.1) is 23.4 Å². The highest BCUT2D eigenvalue weighted by Gasteiger charge is 2.27. The highest BCUT2D eigenvalue weighted by molar-refractivity contribution is 5.90. The molecule has 0 aromatic heterocycles. The highest BCUT2D eigenvalue weighted by atomic mass is 16.7. The molecule has 1 unspecified atom stereocenters. The predicted octanol–water partition coefficient (Wildman–Crippen LogP) is 2.58. The first kappa shape index (κ1) is 16.0. The van der Waals surface area contributed by atoms with E-state index >= 15 is 0 Å². The van der Waals surface area contributed by atoms with Crippen LogP contribution in [0.25, 0.3) is 0 Å². The molecule has 2 N–H and O–H groups in total. The summed E-state index contributed by atoms with van der Waals surface area (Å²) in [6.45, 7) is 2.48. The molecule has 0 aliphatic carbocycles. The molecule has 2 aromatic rings. The molecule has 5 heteroatoms. The van der Waals surface area contributed by atoms with Crippen LogP contribution in [-0.2, 0) is 17.7 Å². The van der Waals surface area contributed by atoms with Crippen LogP contribution in [0.3, 0.4) is 0 Å². The Labute approximate surface area is 141 Å². The molecule has 5 nitrogen and oxygen atoms in total. The summed E-state index contributed by atoms with van der Waals surface area (Å²) in [5.74, 6) is -0.424. The van der Waals surface area contributed by atoms with Gasteiger partial charge in [-0.15, -0.1) is 0 Å². The molecule has 2 aromatic carbocycles. The van der Waals surface area contributed by atoms with Gasteiger partial charge in [0.1, 0.15) is 6.07 Å². The van der Waals surface area contributed by atoms with E-state index in [4.69, 9.17) is 10.6 Å². The monoisotopic (exact) mass is 321 g/mol. The molecule has 1 atom stereocenters. The van der Waals surface area contributed by atoms with Gasteiger partial charge in [-0.2, -0.15) is 5.26 Å². The van der Waals surface area contributed by atoms with Crippen molar-refractivity contribution in [1.29, 1.82) is 5.26 Å². The second-order valence-electron chi connectivity index (χ2n) is 6.04. The van der Waals surface area contributed by atoms with Gasteiger partial charge in [0.25, 0.3) is 0 Å². The van der Waals surface area contributed by atoms with Crippen molar-refractivity contribution in [2.75, 3.05) is 11.6 Å². The molecule has 0 saturated carbocycles. The smallest absolute Gasteiger partial charge is 0.335 e. The molecule has 122 valence electrons. The van der Waals surface area contributed by atoms with Crippen molar-refractivity contribution in [2.24, 2.45) is 5.73 Å². The third-order valence-electron chi connectivity index (χ3n) is 3.96. The Bertz CT molecular complexity index is 794. The summed E-state index contributed by atoms with van der Waals surface area (Å²) in [5, 5.41) is 11.0. The lowest BCUT2D eigenvalue weighted by Crippen LogP contribution is -2.26. The first-order valence-electron chi connectivity index (χ1n) is 7.95. The molecule has 0 fully saturated rings. The molecule has 24 heavy (non-hydrogen) atoms. The van der Waals surface area contributed by atoms with Gasteiger partial charge in [-0.3, -0.25) is 0 Å². The van der Waals surface area contributed by atoms with Crippen molar-refractivity contribution in [3.63, 3.8) is 0 Å². The van der Waals surface area contributed by atoms with Gasteiger partial charge >= 0.3 is 5.97 Å². The van der Waals surface area contributed by atoms with Crippen LogP contribution >= 0.6 is 0 Å². The number of nitriles is 1. The maximum atomic E-state index is 12.3. The number of nitrogens with two attached hydrogens (primary N) is 1. The molecule has 0 amide bonds. The van der Waals surface area contributed by atoms with E-state index < -0.39 is 5.97 Å². The quantitative estimate of drug-likeness (QED) is 0.936. The van der Waals surface area contributed by atoms with Crippen LogP contribution in [0.4, 0.5) is 5.69 Å². The zero-order chi connectivity index (χ0) is 17.1. The molecule has 0 bridgehead atoms. The van der Waals surface area contributed by atoms with E-state index in [1.54, 1.807) is 24.3 Å². The lowest BCUT2D eigenvalue weighted by Gasteiger charge is -2.19. The number of fused-ring (bicyclic) bond motifs is 1. The standard InChI is InChI=1S/C19H19N3O2/c1-13(21)9-14-10-16-7-8-22(18(16)17(11-14)12-20)24-19(23)15-5-3-2-4-6-15/h2-6,10-11,13H,7-9,21H2,1H3. The van der Waals surface area contributed by atoms with Crippen molar-refractivity contribution >= 4 is 11.7 Å². The topological polar surface area (TPSA) is 79.3 Å². The summed E-state index contributed by atoms with van der Waals surface area (Å²) in [6, 6.07) is 14.9. The van der Waals surface area contributed by atoms with Crippen molar-refractivity contribution in [3.05, 3.63) is 64.7 Å². The second-order valence-corrected chi connectivity index (χ2v) is 6.04. The Morgan fingerprint density at radius 1 is 1.38 bits per heavy atom. The van der Waals surface area contributed by atoms with Crippen LogP contribution in [0, 0.1) is 11.3 Å². The molecule has 1 aliphatic heterocycles. The van der Waals surface area contributed by atoms with Crippen LogP contribution in [0.2, 0.25) is 0 Å². The van der Waals surface area contributed by atoms with Gasteiger partial charge in [-0.25, -0.2) is 9.86 Å². The number of hydrogen-bond acceptors (Lipinski definition) is 5. The second kappa shape index (κ2) is 6.73. The van der Waals surface area contributed by atoms with Crippen LogP contribution < -0.4 is 10.8 Å². The van der Waals surface area contributed by atoms with Gasteiger partial charge in [-0.05, 0) is 49.1 Å². The number of hydrogen-bond donors (Lipinski definition) is 1. The minimum Gasteiger partial charge on any atom is -0.335 e. The Morgan fingerprint density at radius 3 is 2.79 bits per heavy atom. The van der Waals surface area contributed by atoms with E-state index in [9.17, 15) is 10.1 Å². The van der Waals surface area contributed by atoms with Crippen LogP contribution in [0.5, 0.6) is 0 Å². The number of benzene rings is 2. The summed E-state index contributed by atoms with van der Waals surface area (Å²) >= 11 is 0. The van der Waals surface area contributed by atoms with Gasteiger partial charge < -0.3 is 10.6 Å². The van der Waals surface area contributed by atoms with E-state index in [1.807, 2.05) is 19.1 Å².